The first-order valence-electron chi connectivity index (χ1n) is 22.1. The lowest BCUT2D eigenvalue weighted by atomic mass is 9.70. The highest BCUT2D eigenvalue weighted by Gasteiger charge is 2.52. The molecule has 2 heteroatoms. The summed E-state index contributed by atoms with van der Waals surface area (Å²) in [6.07, 6.45) is 6.88. The van der Waals surface area contributed by atoms with E-state index in [1.54, 1.807) is 0 Å². The SMILES string of the molecule is C1=Cc2sc3ccc4c(c3c2CC1)-c1ccc(-c2ccc(N(c3ccc(-c5ccccc5)cc3)c3ccc(-c5ccccc5)cc3)cc2)cc1C41c2ccccc2-c2ccccc21. The smallest absolute Gasteiger partial charge is 0.0725 e. The van der Waals surface area contributed by atoms with E-state index >= 15 is 0 Å². The number of thiophene rings is 1. The zero-order valence-electron chi connectivity index (χ0n) is 34.6. The molecule has 63 heavy (non-hydrogen) atoms. The Kier molecular flexibility index (Phi) is 8.19. The summed E-state index contributed by atoms with van der Waals surface area (Å²) in [4.78, 5) is 3.79. The van der Waals surface area contributed by atoms with Crippen molar-refractivity contribution in [3.05, 3.63) is 251 Å². The molecule has 1 heterocycles. The van der Waals surface area contributed by atoms with Crippen LogP contribution in [0.15, 0.2) is 218 Å². The zero-order chi connectivity index (χ0) is 41.5. The Labute approximate surface area is 372 Å². The molecule has 0 saturated carbocycles. The molecule has 1 nitrogen and oxygen atoms in total. The van der Waals surface area contributed by atoms with Crippen LogP contribution < -0.4 is 4.90 Å². The second-order valence-corrected chi connectivity index (χ2v) is 18.1. The van der Waals surface area contributed by atoms with Crippen molar-refractivity contribution < 1.29 is 0 Å². The van der Waals surface area contributed by atoms with Crippen LogP contribution in [-0.4, -0.2) is 0 Å². The van der Waals surface area contributed by atoms with Crippen LogP contribution >= 0.6 is 11.3 Å². The molecule has 0 atom stereocenters. The molecule has 1 aromatic heterocycles. The van der Waals surface area contributed by atoms with E-state index in [9.17, 15) is 0 Å². The van der Waals surface area contributed by atoms with E-state index in [0.29, 0.717) is 0 Å². The molecule has 10 aromatic rings. The molecule has 3 aliphatic rings. The van der Waals surface area contributed by atoms with Gasteiger partial charge in [0.2, 0.25) is 0 Å². The lowest BCUT2D eigenvalue weighted by Crippen LogP contribution is -2.25. The minimum atomic E-state index is -0.407. The van der Waals surface area contributed by atoms with Gasteiger partial charge in [-0.2, -0.15) is 0 Å². The maximum atomic E-state index is 2.52. The van der Waals surface area contributed by atoms with E-state index in [2.05, 4.69) is 229 Å². The summed E-state index contributed by atoms with van der Waals surface area (Å²) in [5.41, 5.74) is 22.8. The molecule has 0 N–H and O–H groups in total. The van der Waals surface area contributed by atoms with Gasteiger partial charge in [-0.15, -0.1) is 11.3 Å². The fourth-order valence-electron chi connectivity index (χ4n) is 11.0. The molecule has 0 saturated heterocycles. The van der Waals surface area contributed by atoms with Gasteiger partial charge in [0.25, 0.3) is 0 Å². The molecule has 0 aliphatic heterocycles. The number of hydrogen-bond donors (Lipinski definition) is 0. The van der Waals surface area contributed by atoms with Gasteiger partial charge < -0.3 is 4.90 Å². The second kappa shape index (κ2) is 14.3. The van der Waals surface area contributed by atoms with Crippen molar-refractivity contribution in [3.63, 3.8) is 0 Å². The third-order valence-electron chi connectivity index (χ3n) is 13.8. The number of nitrogens with zero attached hydrogens (tertiary/aromatic N) is 1. The number of anilines is 3. The van der Waals surface area contributed by atoms with Gasteiger partial charge in [0, 0.05) is 32.0 Å². The lowest BCUT2D eigenvalue weighted by Gasteiger charge is -2.31. The van der Waals surface area contributed by atoms with Crippen LogP contribution in [0.2, 0.25) is 0 Å². The molecule has 9 aromatic carbocycles. The summed E-state index contributed by atoms with van der Waals surface area (Å²) >= 11 is 1.95. The molecule has 0 fully saturated rings. The monoisotopic (exact) mass is 819 g/mol. The first kappa shape index (κ1) is 36.2. The van der Waals surface area contributed by atoms with Crippen molar-refractivity contribution >= 4 is 44.6 Å². The zero-order valence-corrected chi connectivity index (χ0v) is 35.4. The Morgan fingerprint density at radius 1 is 0.397 bits per heavy atom. The van der Waals surface area contributed by atoms with Crippen LogP contribution in [0.4, 0.5) is 17.1 Å². The Bertz CT molecular complexity index is 3280. The molecule has 0 unspecified atom stereocenters. The molecule has 0 radical (unpaired) electrons. The molecule has 1 spiro atoms. The van der Waals surface area contributed by atoms with Crippen molar-refractivity contribution in [2.24, 2.45) is 0 Å². The summed E-state index contributed by atoms with van der Waals surface area (Å²) in [5.74, 6) is 0. The highest BCUT2D eigenvalue weighted by molar-refractivity contribution is 7.20. The third-order valence-corrected chi connectivity index (χ3v) is 15.0. The van der Waals surface area contributed by atoms with Crippen molar-refractivity contribution in [3.8, 4) is 55.6 Å². The van der Waals surface area contributed by atoms with Crippen LogP contribution in [-0.2, 0) is 11.8 Å². The lowest BCUT2D eigenvalue weighted by molar-refractivity contribution is 0.795. The molecule has 13 rings (SSSR count). The van der Waals surface area contributed by atoms with Crippen molar-refractivity contribution in [2.75, 3.05) is 4.90 Å². The number of rotatable bonds is 6. The van der Waals surface area contributed by atoms with Crippen LogP contribution in [0.3, 0.4) is 0 Å². The molecular formula is C61H41NS. The maximum absolute atomic E-state index is 2.52. The Morgan fingerprint density at radius 3 is 1.46 bits per heavy atom. The highest BCUT2D eigenvalue weighted by atomic mass is 32.1. The average Bonchev–Trinajstić information content (AvgIpc) is 3.99. The average molecular weight is 820 g/mol. The fourth-order valence-corrected chi connectivity index (χ4v) is 12.2. The van der Waals surface area contributed by atoms with Gasteiger partial charge in [-0.1, -0.05) is 170 Å². The minimum Gasteiger partial charge on any atom is -0.311 e. The van der Waals surface area contributed by atoms with E-state index in [0.717, 1.165) is 29.9 Å². The normalized spacial score (nSPS) is 13.7. The third kappa shape index (κ3) is 5.48. The molecule has 296 valence electrons. The Morgan fingerprint density at radius 2 is 0.889 bits per heavy atom. The van der Waals surface area contributed by atoms with Crippen molar-refractivity contribution in [1.82, 2.24) is 0 Å². The second-order valence-electron chi connectivity index (χ2n) is 17.1. The maximum Gasteiger partial charge on any atom is 0.0725 e. The van der Waals surface area contributed by atoms with E-state index in [1.165, 1.54) is 98.4 Å². The minimum absolute atomic E-state index is 0.407. The standard InChI is InChI=1S/C61H41NS/c1-3-13-40(14-4-1)42-23-30-46(31-24-42)62(47-32-25-43(26-33-47)41-15-5-2-6-16-41)48-34-27-44(28-35-48)45-29-36-51-56(39-45)61(53-20-10-7-17-49(53)50-18-8-11-21-54(50)61)55-37-38-58-60(59(51)55)52-19-9-12-22-57(52)63-58/h1-8,10-18,20-39H,9,19H2. The largest absolute Gasteiger partial charge is 0.311 e. The Balaban J connectivity index is 0.952. The van der Waals surface area contributed by atoms with Gasteiger partial charge in [-0.25, -0.2) is 0 Å². The quantitative estimate of drug-likeness (QED) is 0.162. The van der Waals surface area contributed by atoms with E-state index < -0.39 is 5.41 Å². The van der Waals surface area contributed by atoms with Gasteiger partial charge in [0.15, 0.2) is 0 Å². The first-order chi connectivity index (χ1) is 31.2. The topological polar surface area (TPSA) is 3.24 Å². The van der Waals surface area contributed by atoms with Crippen molar-refractivity contribution in [2.45, 2.75) is 18.3 Å². The number of fused-ring (bicyclic) bond motifs is 14. The fraction of sp³-hybridized carbons (Fsp3) is 0.0492. The van der Waals surface area contributed by atoms with E-state index in [-0.39, 0.29) is 0 Å². The predicted octanol–water partition coefficient (Wildman–Crippen LogP) is 16.7. The Hall–Kier alpha value is -7.52. The first-order valence-corrected chi connectivity index (χ1v) is 22.9. The van der Waals surface area contributed by atoms with E-state index in [4.69, 9.17) is 0 Å². The van der Waals surface area contributed by atoms with Crippen LogP contribution in [0.5, 0.6) is 0 Å². The molecule has 0 amide bonds. The van der Waals surface area contributed by atoms with Crippen LogP contribution in [0, 0.1) is 0 Å². The van der Waals surface area contributed by atoms with Gasteiger partial charge in [0.05, 0.1) is 5.41 Å². The van der Waals surface area contributed by atoms with Crippen LogP contribution in [0.1, 0.15) is 39.1 Å². The highest BCUT2D eigenvalue weighted by Crippen LogP contribution is 2.65. The summed E-state index contributed by atoms with van der Waals surface area (Å²) in [7, 11) is 0. The predicted molar refractivity (Wildman–Crippen MR) is 266 cm³/mol. The molecular weight excluding hydrogens is 779 g/mol. The van der Waals surface area contributed by atoms with Gasteiger partial charge >= 0.3 is 0 Å². The number of allylic oxidation sites excluding steroid dienone is 1. The van der Waals surface area contributed by atoms with E-state index in [1.807, 2.05) is 11.3 Å². The summed E-state index contributed by atoms with van der Waals surface area (Å²) in [6.45, 7) is 0. The van der Waals surface area contributed by atoms with Gasteiger partial charge in [-0.3, -0.25) is 0 Å². The molecule has 0 bridgehead atoms. The number of hydrogen-bond acceptors (Lipinski definition) is 2. The van der Waals surface area contributed by atoms with Gasteiger partial charge in [0.1, 0.15) is 0 Å². The number of aryl methyl sites for hydroxylation is 1. The summed E-state index contributed by atoms with van der Waals surface area (Å²) in [5, 5.41) is 1.46. The van der Waals surface area contributed by atoms with Crippen molar-refractivity contribution in [1.29, 1.82) is 0 Å². The molecule has 3 aliphatic carbocycles. The van der Waals surface area contributed by atoms with Gasteiger partial charge in [-0.05, 0) is 151 Å². The summed E-state index contributed by atoms with van der Waals surface area (Å²) in [6, 6.07) is 78.9. The summed E-state index contributed by atoms with van der Waals surface area (Å²) < 4.78 is 1.39. The van der Waals surface area contributed by atoms with Crippen LogP contribution in [0.25, 0.3) is 71.8 Å². The number of benzene rings is 9.